The molecule has 2 N–H and O–H groups in total. The van der Waals surface area contributed by atoms with Gasteiger partial charge in [-0.15, -0.1) is 0 Å². The van der Waals surface area contributed by atoms with Crippen molar-refractivity contribution >= 4 is 11.8 Å². The number of nitrogens with one attached hydrogen (secondary N) is 1. The number of hydrogen-bond donors (Lipinski definition) is 2. The normalized spacial score (nSPS) is 10.2. The van der Waals surface area contributed by atoms with Crippen molar-refractivity contribution in [2.45, 2.75) is 13.5 Å². The molecule has 0 aliphatic heterocycles. The van der Waals surface area contributed by atoms with Crippen molar-refractivity contribution in [3.05, 3.63) is 36.0 Å². The zero-order valence-electron chi connectivity index (χ0n) is 10.3. The van der Waals surface area contributed by atoms with Crippen LogP contribution in [0.25, 0.3) is 0 Å². The van der Waals surface area contributed by atoms with E-state index < -0.39 is 5.97 Å². The Morgan fingerprint density at radius 2 is 2.32 bits per heavy atom. The third kappa shape index (κ3) is 3.44. The summed E-state index contributed by atoms with van der Waals surface area (Å²) in [5.41, 5.74) is 0. The highest BCUT2D eigenvalue weighted by Gasteiger charge is 2.08. The fraction of sp³-hybridized carbons (Fsp3) is 0.250. The van der Waals surface area contributed by atoms with E-state index in [1.165, 1.54) is 12.3 Å². The van der Waals surface area contributed by atoms with Gasteiger partial charge < -0.3 is 19.6 Å². The van der Waals surface area contributed by atoms with Gasteiger partial charge in [-0.2, -0.15) is 4.98 Å². The van der Waals surface area contributed by atoms with Crippen LogP contribution in [0.3, 0.4) is 0 Å². The summed E-state index contributed by atoms with van der Waals surface area (Å²) < 4.78 is 10.3. The first-order valence-electron chi connectivity index (χ1n) is 5.69. The van der Waals surface area contributed by atoms with E-state index in [9.17, 15) is 4.79 Å². The number of carbonyl (C=O) groups is 1. The summed E-state index contributed by atoms with van der Waals surface area (Å²) in [4.78, 5) is 18.8. The second-order valence-electron chi connectivity index (χ2n) is 3.60. The molecule has 0 aliphatic rings. The number of anilines is 1. The number of hydrogen-bond acceptors (Lipinski definition) is 6. The second-order valence-corrected chi connectivity index (χ2v) is 3.60. The van der Waals surface area contributed by atoms with Gasteiger partial charge in [0.15, 0.2) is 0 Å². The fourth-order valence-corrected chi connectivity index (χ4v) is 1.42. The maximum Gasteiger partial charge on any atom is 0.371 e. The number of aromatic carboxylic acids is 1. The summed E-state index contributed by atoms with van der Waals surface area (Å²) in [5.74, 6) is 0.272. The summed E-state index contributed by atoms with van der Waals surface area (Å²) in [5, 5.41) is 11.7. The summed E-state index contributed by atoms with van der Waals surface area (Å²) in [6, 6.07) is 3.00. The highest BCUT2D eigenvalue weighted by atomic mass is 16.5. The van der Waals surface area contributed by atoms with Crippen molar-refractivity contribution in [2.24, 2.45) is 0 Å². The minimum atomic E-state index is -1.09. The largest absolute Gasteiger partial charge is 0.477 e. The zero-order chi connectivity index (χ0) is 13.7. The SMILES string of the molecule is CCOc1cncc(NCc2ccc(C(=O)O)o2)n1. The monoisotopic (exact) mass is 263 g/mol. The maximum atomic E-state index is 10.7. The van der Waals surface area contributed by atoms with E-state index in [-0.39, 0.29) is 5.76 Å². The van der Waals surface area contributed by atoms with E-state index in [0.717, 1.165) is 0 Å². The van der Waals surface area contributed by atoms with Crippen LogP contribution in [0, 0.1) is 0 Å². The van der Waals surface area contributed by atoms with E-state index in [1.807, 2.05) is 6.92 Å². The molecule has 0 amide bonds. The Morgan fingerprint density at radius 1 is 1.47 bits per heavy atom. The molecule has 0 saturated heterocycles. The number of carboxylic acid groups (broad SMARTS) is 1. The van der Waals surface area contributed by atoms with Gasteiger partial charge in [0.05, 0.1) is 25.5 Å². The van der Waals surface area contributed by atoms with Gasteiger partial charge in [-0.05, 0) is 19.1 Å². The number of rotatable bonds is 6. The number of nitrogens with zero attached hydrogens (tertiary/aromatic N) is 2. The van der Waals surface area contributed by atoms with Crippen LogP contribution in [0.15, 0.2) is 28.9 Å². The van der Waals surface area contributed by atoms with E-state index >= 15 is 0 Å². The van der Waals surface area contributed by atoms with Crippen LogP contribution in [0.4, 0.5) is 5.82 Å². The molecule has 7 heteroatoms. The number of ether oxygens (including phenoxy) is 1. The third-order valence-electron chi connectivity index (χ3n) is 2.22. The Balaban J connectivity index is 1.97. The van der Waals surface area contributed by atoms with E-state index in [0.29, 0.717) is 30.6 Å². The minimum absolute atomic E-state index is 0.0917. The van der Waals surface area contributed by atoms with Crippen LogP contribution in [0.5, 0.6) is 5.88 Å². The molecule has 0 spiro atoms. The Labute approximate surface area is 109 Å². The van der Waals surface area contributed by atoms with Gasteiger partial charge in [0.25, 0.3) is 0 Å². The van der Waals surface area contributed by atoms with Crippen LogP contribution >= 0.6 is 0 Å². The lowest BCUT2D eigenvalue weighted by molar-refractivity contribution is 0.0660. The summed E-state index contributed by atoms with van der Waals surface area (Å²) in [6.07, 6.45) is 3.06. The van der Waals surface area contributed by atoms with Gasteiger partial charge in [-0.25, -0.2) is 4.79 Å². The Kier molecular flexibility index (Phi) is 3.97. The van der Waals surface area contributed by atoms with Crippen molar-refractivity contribution in [1.82, 2.24) is 9.97 Å². The van der Waals surface area contributed by atoms with E-state index in [4.69, 9.17) is 14.3 Å². The number of aromatic nitrogens is 2. The molecule has 0 radical (unpaired) electrons. The van der Waals surface area contributed by atoms with Gasteiger partial charge in [0, 0.05) is 0 Å². The molecule has 0 bridgehead atoms. The average Bonchev–Trinajstić information content (AvgIpc) is 2.86. The molecule has 0 fully saturated rings. The van der Waals surface area contributed by atoms with Crippen molar-refractivity contribution in [3.63, 3.8) is 0 Å². The third-order valence-corrected chi connectivity index (χ3v) is 2.22. The summed E-state index contributed by atoms with van der Waals surface area (Å²) in [7, 11) is 0. The molecular formula is C12H13N3O4. The van der Waals surface area contributed by atoms with Crippen LogP contribution in [0.2, 0.25) is 0 Å². The first-order valence-corrected chi connectivity index (χ1v) is 5.69. The molecule has 0 saturated carbocycles. The van der Waals surface area contributed by atoms with Gasteiger partial charge in [-0.1, -0.05) is 0 Å². The quantitative estimate of drug-likeness (QED) is 0.819. The lowest BCUT2D eigenvalue weighted by atomic mass is 10.4. The number of furan rings is 1. The van der Waals surface area contributed by atoms with Crippen LogP contribution in [-0.4, -0.2) is 27.7 Å². The Morgan fingerprint density at radius 3 is 3.00 bits per heavy atom. The van der Waals surface area contributed by atoms with Crippen LogP contribution in [0.1, 0.15) is 23.2 Å². The Bertz CT molecular complexity index is 568. The molecule has 100 valence electrons. The summed E-state index contributed by atoms with van der Waals surface area (Å²) >= 11 is 0. The lowest BCUT2D eigenvalue weighted by Gasteiger charge is -2.05. The fourth-order valence-electron chi connectivity index (χ4n) is 1.42. The van der Waals surface area contributed by atoms with Crippen molar-refractivity contribution < 1.29 is 19.1 Å². The molecule has 0 aliphatic carbocycles. The molecule has 2 rings (SSSR count). The zero-order valence-corrected chi connectivity index (χ0v) is 10.3. The molecule has 0 unspecified atom stereocenters. The molecule has 2 aromatic rings. The smallest absolute Gasteiger partial charge is 0.371 e. The molecule has 2 aromatic heterocycles. The van der Waals surface area contributed by atoms with Gasteiger partial charge in [0.2, 0.25) is 11.6 Å². The van der Waals surface area contributed by atoms with Crippen molar-refractivity contribution in [3.8, 4) is 5.88 Å². The maximum absolute atomic E-state index is 10.7. The minimum Gasteiger partial charge on any atom is -0.477 e. The summed E-state index contributed by atoms with van der Waals surface area (Å²) in [6.45, 7) is 2.69. The van der Waals surface area contributed by atoms with Gasteiger partial charge >= 0.3 is 5.97 Å². The lowest BCUT2D eigenvalue weighted by Crippen LogP contribution is -2.03. The first kappa shape index (κ1) is 12.9. The molecule has 2 heterocycles. The molecular weight excluding hydrogens is 250 g/mol. The van der Waals surface area contributed by atoms with Gasteiger partial charge in [0.1, 0.15) is 11.6 Å². The molecule has 19 heavy (non-hydrogen) atoms. The topological polar surface area (TPSA) is 97.5 Å². The highest BCUT2D eigenvalue weighted by Crippen LogP contribution is 2.12. The van der Waals surface area contributed by atoms with E-state index in [2.05, 4.69) is 15.3 Å². The predicted octanol–water partition coefficient (Wildman–Crippen LogP) is 1.78. The molecule has 0 atom stereocenters. The highest BCUT2D eigenvalue weighted by molar-refractivity contribution is 5.84. The standard InChI is InChI=1S/C12H13N3O4/c1-2-18-11-7-13-6-10(15-11)14-5-8-3-4-9(19-8)12(16)17/h3-4,6-7H,2,5H2,1H3,(H,14,15)(H,16,17). The number of carboxylic acids is 1. The Hall–Kier alpha value is -2.57. The predicted molar refractivity (Wildman–Crippen MR) is 66.2 cm³/mol. The van der Waals surface area contributed by atoms with E-state index in [1.54, 1.807) is 12.3 Å². The molecule has 0 aromatic carbocycles. The van der Waals surface area contributed by atoms with Gasteiger partial charge in [-0.3, -0.25) is 4.98 Å². The van der Waals surface area contributed by atoms with Crippen LogP contribution in [-0.2, 0) is 6.54 Å². The van der Waals surface area contributed by atoms with Crippen LogP contribution < -0.4 is 10.1 Å². The second kappa shape index (κ2) is 5.85. The van der Waals surface area contributed by atoms with Crippen molar-refractivity contribution in [1.29, 1.82) is 0 Å². The average molecular weight is 263 g/mol. The molecule has 7 nitrogen and oxygen atoms in total. The van der Waals surface area contributed by atoms with Crippen molar-refractivity contribution in [2.75, 3.05) is 11.9 Å². The first-order chi connectivity index (χ1) is 9.19.